The molecule has 0 aromatic heterocycles. The van der Waals surface area contributed by atoms with Gasteiger partial charge >= 0.3 is 0 Å². The standard InChI is InChI=1S/C22H28N2O2/c1-25-20-14-18-8-11-23-22(19(18)15-21(20)26-2)9-12-24(13-10-22)16-17-6-4-3-5-7-17/h3-7,14-15,23H,8-13,16H2,1-2H3. The Morgan fingerprint density at radius 1 is 1.00 bits per heavy atom. The monoisotopic (exact) mass is 352 g/mol. The summed E-state index contributed by atoms with van der Waals surface area (Å²) in [6.45, 7) is 4.28. The number of benzene rings is 2. The molecule has 1 fully saturated rings. The highest BCUT2D eigenvalue weighted by Crippen LogP contribution is 2.42. The van der Waals surface area contributed by atoms with Gasteiger partial charge in [-0.25, -0.2) is 0 Å². The Morgan fingerprint density at radius 3 is 2.38 bits per heavy atom. The van der Waals surface area contributed by atoms with Crippen LogP contribution in [0.25, 0.3) is 0 Å². The van der Waals surface area contributed by atoms with Crippen LogP contribution in [0.4, 0.5) is 0 Å². The number of ether oxygens (including phenoxy) is 2. The van der Waals surface area contributed by atoms with Crippen LogP contribution in [0, 0.1) is 0 Å². The molecule has 0 amide bonds. The summed E-state index contributed by atoms with van der Waals surface area (Å²) in [5.41, 5.74) is 4.27. The molecule has 2 heterocycles. The molecule has 0 unspecified atom stereocenters. The van der Waals surface area contributed by atoms with Gasteiger partial charge in [0.1, 0.15) is 0 Å². The van der Waals surface area contributed by atoms with Crippen molar-refractivity contribution in [2.75, 3.05) is 33.9 Å². The Hall–Kier alpha value is -2.04. The fraction of sp³-hybridized carbons (Fsp3) is 0.455. The quantitative estimate of drug-likeness (QED) is 0.915. The van der Waals surface area contributed by atoms with Crippen molar-refractivity contribution in [2.45, 2.75) is 31.3 Å². The Labute approximate surface area is 156 Å². The van der Waals surface area contributed by atoms with Crippen molar-refractivity contribution in [3.8, 4) is 11.5 Å². The smallest absolute Gasteiger partial charge is 0.161 e. The predicted molar refractivity (Wildman–Crippen MR) is 104 cm³/mol. The molecule has 0 atom stereocenters. The van der Waals surface area contributed by atoms with Gasteiger partial charge in [0, 0.05) is 31.7 Å². The number of fused-ring (bicyclic) bond motifs is 2. The van der Waals surface area contributed by atoms with Crippen LogP contribution >= 0.6 is 0 Å². The van der Waals surface area contributed by atoms with Gasteiger partial charge in [0.05, 0.1) is 14.2 Å². The van der Waals surface area contributed by atoms with Crippen LogP contribution < -0.4 is 14.8 Å². The van der Waals surface area contributed by atoms with Crippen molar-refractivity contribution in [3.05, 3.63) is 59.2 Å². The highest BCUT2D eigenvalue weighted by molar-refractivity contribution is 5.51. The van der Waals surface area contributed by atoms with Crippen LogP contribution in [0.1, 0.15) is 29.5 Å². The second-order valence-electron chi connectivity index (χ2n) is 7.38. The van der Waals surface area contributed by atoms with Gasteiger partial charge in [-0.3, -0.25) is 4.90 Å². The molecule has 2 aromatic rings. The van der Waals surface area contributed by atoms with Gasteiger partial charge in [-0.2, -0.15) is 0 Å². The molecule has 2 aromatic carbocycles. The highest BCUT2D eigenvalue weighted by Gasteiger charge is 2.39. The van der Waals surface area contributed by atoms with Crippen molar-refractivity contribution in [2.24, 2.45) is 0 Å². The molecule has 4 rings (SSSR count). The van der Waals surface area contributed by atoms with Crippen LogP contribution in [-0.2, 0) is 18.5 Å². The van der Waals surface area contributed by atoms with Crippen LogP contribution in [0.15, 0.2) is 42.5 Å². The first-order valence-corrected chi connectivity index (χ1v) is 9.51. The zero-order valence-corrected chi connectivity index (χ0v) is 15.8. The summed E-state index contributed by atoms with van der Waals surface area (Å²) in [5, 5.41) is 3.84. The first kappa shape index (κ1) is 17.4. The molecule has 0 bridgehead atoms. The molecule has 4 heteroatoms. The van der Waals surface area contributed by atoms with E-state index in [1.54, 1.807) is 14.2 Å². The van der Waals surface area contributed by atoms with Crippen LogP contribution in [0.3, 0.4) is 0 Å². The molecule has 4 nitrogen and oxygen atoms in total. The van der Waals surface area contributed by atoms with E-state index in [0.29, 0.717) is 0 Å². The Balaban J connectivity index is 1.54. The second kappa shape index (κ2) is 7.29. The minimum absolute atomic E-state index is 0.0698. The van der Waals surface area contributed by atoms with E-state index in [9.17, 15) is 0 Å². The number of likely N-dealkylation sites (tertiary alicyclic amines) is 1. The molecular formula is C22H28N2O2. The lowest BCUT2D eigenvalue weighted by Crippen LogP contribution is -2.53. The van der Waals surface area contributed by atoms with Gasteiger partial charge in [0.25, 0.3) is 0 Å². The van der Waals surface area contributed by atoms with Gasteiger partial charge in [-0.05, 0) is 48.1 Å². The zero-order valence-electron chi connectivity index (χ0n) is 15.8. The molecule has 0 aliphatic carbocycles. The SMILES string of the molecule is COc1cc2c(cc1OC)C1(CCN(Cc3ccccc3)CC1)NCC2. The average molecular weight is 352 g/mol. The van der Waals surface area contributed by atoms with E-state index in [0.717, 1.165) is 56.9 Å². The van der Waals surface area contributed by atoms with Crippen molar-refractivity contribution < 1.29 is 9.47 Å². The molecule has 138 valence electrons. The van der Waals surface area contributed by atoms with E-state index in [-0.39, 0.29) is 5.54 Å². The number of piperidine rings is 1. The third-order valence-corrected chi connectivity index (χ3v) is 5.94. The summed E-state index contributed by atoms with van der Waals surface area (Å²) in [4.78, 5) is 2.57. The summed E-state index contributed by atoms with van der Waals surface area (Å²) >= 11 is 0. The van der Waals surface area contributed by atoms with Crippen molar-refractivity contribution in [1.82, 2.24) is 10.2 Å². The minimum Gasteiger partial charge on any atom is -0.493 e. The average Bonchev–Trinajstić information content (AvgIpc) is 2.70. The molecule has 0 saturated carbocycles. The van der Waals surface area contributed by atoms with Gasteiger partial charge in [0.2, 0.25) is 0 Å². The number of hydrogen-bond acceptors (Lipinski definition) is 4. The number of hydrogen-bond donors (Lipinski definition) is 1. The maximum absolute atomic E-state index is 5.57. The number of nitrogens with zero attached hydrogens (tertiary/aromatic N) is 1. The summed E-state index contributed by atoms with van der Waals surface area (Å²) in [6.07, 6.45) is 3.30. The largest absolute Gasteiger partial charge is 0.493 e. The first-order valence-electron chi connectivity index (χ1n) is 9.51. The molecule has 1 saturated heterocycles. The first-order chi connectivity index (χ1) is 12.7. The topological polar surface area (TPSA) is 33.7 Å². The lowest BCUT2D eigenvalue weighted by molar-refractivity contribution is 0.123. The number of nitrogens with one attached hydrogen (secondary N) is 1. The van der Waals surface area contributed by atoms with E-state index in [2.05, 4.69) is 52.7 Å². The van der Waals surface area contributed by atoms with E-state index >= 15 is 0 Å². The summed E-state index contributed by atoms with van der Waals surface area (Å²) in [6, 6.07) is 15.1. The molecule has 0 radical (unpaired) electrons. The van der Waals surface area contributed by atoms with Gasteiger partial charge < -0.3 is 14.8 Å². The summed E-state index contributed by atoms with van der Waals surface area (Å²) < 4.78 is 11.1. The number of rotatable bonds is 4. The summed E-state index contributed by atoms with van der Waals surface area (Å²) in [5.74, 6) is 1.67. The van der Waals surface area contributed by atoms with E-state index in [1.807, 2.05) is 0 Å². The lowest BCUT2D eigenvalue weighted by Gasteiger charge is -2.46. The lowest BCUT2D eigenvalue weighted by atomic mass is 9.75. The van der Waals surface area contributed by atoms with E-state index in [1.165, 1.54) is 16.7 Å². The Bertz CT molecular complexity index is 752. The van der Waals surface area contributed by atoms with Gasteiger partial charge in [-0.1, -0.05) is 30.3 Å². The third-order valence-electron chi connectivity index (χ3n) is 5.94. The molecule has 1 N–H and O–H groups in total. The van der Waals surface area contributed by atoms with Crippen molar-refractivity contribution >= 4 is 0 Å². The third kappa shape index (κ3) is 3.19. The van der Waals surface area contributed by atoms with Crippen LogP contribution in [-0.4, -0.2) is 38.8 Å². The van der Waals surface area contributed by atoms with Gasteiger partial charge in [0.15, 0.2) is 11.5 Å². The maximum Gasteiger partial charge on any atom is 0.161 e. The minimum atomic E-state index is 0.0698. The van der Waals surface area contributed by atoms with Crippen molar-refractivity contribution in [3.63, 3.8) is 0 Å². The molecule has 2 aliphatic rings. The second-order valence-corrected chi connectivity index (χ2v) is 7.38. The van der Waals surface area contributed by atoms with E-state index in [4.69, 9.17) is 9.47 Å². The van der Waals surface area contributed by atoms with E-state index < -0.39 is 0 Å². The molecule has 2 aliphatic heterocycles. The molecule has 1 spiro atoms. The molecular weight excluding hydrogens is 324 g/mol. The van der Waals surface area contributed by atoms with Crippen molar-refractivity contribution in [1.29, 1.82) is 0 Å². The summed E-state index contributed by atoms with van der Waals surface area (Å²) in [7, 11) is 3.43. The highest BCUT2D eigenvalue weighted by atomic mass is 16.5. The van der Waals surface area contributed by atoms with Gasteiger partial charge in [-0.15, -0.1) is 0 Å². The normalized spacial score (nSPS) is 19.2. The predicted octanol–water partition coefficient (Wildman–Crippen LogP) is 3.34. The maximum atomic E-state index is 5.57. The van der Waals surface area contributed by atoms with Crippen LogP contribution in [0.2, 0.25) is 0 Å². The fourth-order valence-corrected chi connectivity index (χ4v) is 4.49. The number of methoxy groups -OCH3 is 2. The fourth-order valence-electron chi connectivity index (χ4n) is 4.49. The Kier molecular flexibility index (Phi) is 4.88. The molecule has 26 heavy (non-hydrogen) atoms. The zero-order chi connectivity index (χ0) is 18.0. The van der Waals surface area contributed by atoms with Crippen LogP contribution in [0.5, 0.6) is 11.5 Å². The Morgan fingerprint density at radius 2 is 1.69 bits per heavy atom.